The molecule has 1 aromatic rings. The predicted octanol–water partition coefficient (Wildman–Crippen LogP) is 3.23. The van der Waals surface area contributed by atoms with Crippen molar-refractivity contribution < 1.29 is 9.59 Å². The number of hydrogen-bond donors (Lipinski definition) is 1. The van der Waals surface area contributed by atoms with Crippen LogP contribution in [0.2, 0.25) is 0 Å². The van der Waals surface area contributed by atoms with Gasteiger partial charge < -0.3 is 10.2 Å². The van der Waals surface area contributed by atoms with Crippen LogP contribution in [0.3, 0.4) is 0 Å². The second-order valence-electron chi connectivity index (χ2n) is 5.51. The molecule has 0 fully saturated rings. The summed E-state index contributed by atoms with van der Waals surface area (Å²) in [4.78, 5) is 25.3. The molecule has 1 aliphatic heterocycles. The van der Waals surface area contributed by atoms with Crippen LogP contribution in [0.4, 0.5) is 11.4 Å². The first-order valence-electron chi connectivity index (χ1n) is 7.31. The van der Waals surface area contributed by atoms with Crippen molar-refractivity contribution in [1.82, 2.24) is 0 Å². The Kier molecular flexibility index (Phi) is 4.42. The Hall–Kier alpha value is -1.84. The summed E-state index contributed by atoms with van der Waals surface area (Å²) in [6.45, 7) is 7.49. The van der Waals surface area contributed by atoms with Gasteiger partial charge in [-0.15, -0.1) is 0 Å². The van der Waals surface area contributed by atoms with Gasteiger partial charge in [-0.3, -0.25) is 9.59 Å². The molecule has 1 N–H and O–H groups in total. The summed E-state index contributed by atoms with van der Waals surface area (Å²) in [7, 11) is 0. The van der Waals surface area contributed by atoms with Crippen LogP contribution in [0, 0.1) is 0 Å². The minimum absolute atomic E-state index is 0.387. The molecular formula is C16H22N2O2. The van der Waals surface area contributed by atoms with E-state index in [4.69, 9.17) is 0 Å². The highest BCUT2D eigenvalue weighted by atomic mass is 16.2. The average Bonchev–Trinajstić information content (AvgIpc) is 2.69. The lowest BCUT2D eigenvalue weighted by molar-refractivity contribution is -0.112. The lowest BCUT2D eigenvalue weighted by Gasteiger charge is -2.29. The summed E-state index contributed by atoms with van der Waals surface area (Å²) in [5, 5.41) is 2.63. The van der Waals surface area contributed by atoms with Crippen molar-refractivity contribution in [3.8, 4) is 0 Å². The maximum Gasteiger partial charge on any atom is 0.296 e. The Morgan fingerprint density at radius 2 is 1.95 bits per heavy atom. The van der Waals surface area contributed by atoms with Gasteiger partial charge in [-0.2, -0.15) is 0 Å². The fraction of sp³-hybridized carbons (Fsp3) is 0.500. The van der Waals surface area contributed by atoms with E-state index in [0.717, 1.165) is 18.7 Å². The molecule has 108 valence electrons. The van der Waals surface area contributed by atoms with Crippen molar-refractivity contribution >= 4 is 23.1 Å². The number of amides is 1. The minimum atomic E-state index is -0.528. The number of nitrogens with zero attached hydrogens (tertiary/aromatic N) is 1. The molecule has 0 aliphatic carbocycles. The molecule has 0 spiro atoms. The first-order valence-corrected chi connectivity index (χ1v) is 7.31. The summed E-state index contributed by atoms with van der Waals surface area (Å²) >= 11 is 0. The van der Waals surface area contributed by atoms with E-state index in [1.54, 1.807) is 6.07 Å². The largest absolute Gasteiger partial charge is 0.369 e. The van der Waals surface area contributed by atoms with Crippen molar-refractivity contribution in [2.75, 3.05) is 16.8 Å². The van der Waals surface area contributed by atoms with Crippen LogP contribution in [0.25, 0.3) is 0 Å². The molecular weight excluding hydrogens is 252 g/mol. The van der Waals surface area contributed by atoms with Gasteiger partial charge >= 0.3 is 0 Å². The number of Topliss-reactive ketones (excluding diaryl/α,β-unsaturated/α-hetero) is 1. The summed E-state index contributed by atoms with van der Waals surface area (Å²) < 4.78 is 0. The Morgan fingerprint density at radius 1 is 1.20 bits per heavy atom. The number of rotatable bonds is 6. The third-order valence-corrected chi connectivity index (χ3v) is 3.66. The summed E-state index contributed by atoms with van der Waals surface area (Å²) in [6.07, 6.45) is 3.56. The van der Waals surface area contributed by atoms with Gasteiger partial charge in [0.25, 0.3) is 11.7 Å². The predicted molar refractivity (Wildman–Crippen MR) is 81.4 cm³/mol. The molecule has 0 saturated heterocycles. The van der Waals surface area contributed by atoms with Crippen LogP contribution in [0.15, 0.2) is 18.2 Å². The van der Waals surface area contributed by atoms with Crippen LogP contribution in [-0.2, 0) is 4.79 Å². The maximum absolute atomic E-state index is 11.6. The lowest BCUT2D eigenvalue weighted by atomic mass is 10.1. The molecule has 1 amide bonds. The van der Waals surface area contributed by atoms with Crippen LogP contribution < -0.4 is 10.2 Å². The smallest absolute Gasteiger partial charge is 0.296 e. The first kappa shape index (κ1) is 14.6. The molecule has 2 rings (SSSR count). The normalized spacial score (nSPS) is 13.6. The van der Waals surface area contributed by atoms with E-state index in [9.17, 15) is 9.59 Å². The van der Waals surface area contributed by atoms with Gasteiger partial charge in [0, 0.05) is 18.3 Å². The van der Waals surface area contributed by atoms with E-state index in [2.05, 4.69) is 31.0 Å². The quantitative estimate of drug-likeness (QED) is 0.640. The monoisotopic (exact) mass is 274 g/mol. The van der Waals surface area contributed by atoms with Crippen LogP contribution in [0.1, 0.15) is 50.4 Å². The molecule has 0 aromatic heterocycles. The molecule has 0 saturated carbocycles. The molecule has 20 heavy (non-hydrogen) atoms. The van der Waals surface area contributed by atoms with Gasteiger partial charge in [-0.1, -0.05) is 19.8 Å². The standard InChI is InChI=1S/C16H22N2O2/c1-4-5-6-9-18(11(2)3)12-7-8-13-14(10-12)17-16(20)15(13)19/h7-8,10-11H,4-6,9H2,1-3H3,(H,17,19,20). The number of ketones is 1. The van der Waals surface area contributed by atoms with Crippen molar-refractivity contribution in [3.05, 3.63) is 23.8 Å². The third-order valence-electron chi connectivity index (χ3n) is 3.66. The molecule has 0 radical (unpaired) electrons. The number of nitrogens with one attached hydrogen (secondary N) is 1. The number of carbonyl (C=O) groups excluding carboxylic acids is 2. The van der Waals surface area contributed by atoms with E-state index in [-0.39, 0.29) is 0 Å². The second kappa shape index (κ2) is 6.07. The third kappa shape index (κ3) is 2.84. The Morgan fingerprint density at radius 3 is 2.60 bits per heavy atom. The Labute approximate surface area is 120 Å². The summed E-state index contributed by atoms with van der Waals surface area (Å²) in [5.41, 5.74) is 2.18. The van der Waals surface area contributed by atoms with E-state index < -0.39 is 11.7 Å². The fourth-order valence-electron chi connectivity index (χ4n) is 2.53. The highest BCUT2D eigenvalue weighted by Gasteiger charge is 2.28. The van der Waals surface area contributed by atoms with Crippen LogP contribution >= 0.6 is 0 Å². The van der Waals surface area contributed by atoms with E-state index in [1.807, 2.05) is 12.1 Å². The SMILES string of the molecule is CCCCCN(c1ccc2c(c1)NC(=O)C2=O)C(C)C. The van der Waals surface area contributed by atoms with E-state index >= 15 is 0 Å². The summed E-state index contributed by atoms with van der Waals surface area (Å²) in [6, 6.07) is 5.98. The van der Waals surface area contributed by atoms with Crippen molar-refractivity contribution in [2.45, 2.75) is 46.1 Å². The van der Waals surface area contributed by atoms with E-state index in [0.29, 0.717) is 17.3 Å². The topological polar surface area (TPSA) is 49.4 Å². The number of hydrogen-bond acceptors (Lipinski definition) is 3. The zero-order valence-electron chi connectivity index (χ0n) is 12.4. The average molecular weight is 274 g/mol. The van der Waals surface area contributed by atoms with Gasteiger partial charge in [0.15, 0.2) is 0 Å². The molecule has 1 heterocycles. The van der Waals surface area contributed by atoms with Gasteiger partial charge in [0.05, 0.1) is 11.3 Å². The highest BCUT2D eigenvalue weighted by Crippen LogP contribution is 2.29. The number of unbranched alkanes of at least 4 members (excludes halogenated alkanes) is 2. The van der Waals surface area contributed by atoms with Gasteiger partial charge in [0.1, 0.15) is 0 Å². The molecule has 0 atom stereocenters. The molecule has 1 aliphatic rings. The number of anilines is 2. The lowest BCUT2D eigenvalue weighted by Crippen LogP contribution is -2.31. The Bertz CT molecular complexity index is 523. The molecule has 4 nitrogen and oxygen atoms in total. The van der Waals surface area contributed by atoms with Crippen molar-refractivity contribution in [2.24, 2.45) is 0 Å². The number of benzene rings is 1. The zero-order chi connectivity index (χ0) is 14.7. The van der Waals surface area contributed by atoms with E-state index in [1.165, 1.54) is 12.8 Å². The number of carbonyl (C=O) groups is 2. The minimum Gasteiger partial charge on any atom is -0.369 e. The zero-order valence-corrected chi connectivity index (χ0v) is 12.4. The van der Waals surface area contributed by atoms with Crippen molar-refractivity contribution in [1.29, 1.82) is 0 Å². The van der Waals surface area contributed by atoms with Crippen molar-refractivity contribution in [3.63, 3.8) is 0 Å². The first-order chi connectivity index (χ1) is 9.54. The second-order valence-corrected chi connectivity index (χ2v) is 5.51. The fourth-order valence-corrected chi connectivity index (χ4v) is 2.53. The van der Waals surface area contributed by atoms with Crippen LogP contribution in [0.5, 0.6) is 0 Å². The Balaban J connectivity index is 2.21. The maximum atomic E-state index is 11.6. The molecule has 0 unspecified atom stereocenters. The highest BCUT2D eigenvalue weighted by molar-refractivity contribution is 6.51. The molecule has 4 heteroatoms. The van der Waals surface area contributed by atoms with Gasteiger partial charge in [0.2, 0.25) is 0 Å². The number of fused-ring (bicyclic) bond motifs is 1. The van der Waals surface area contributed by atoms with Gasteiger partial charge in [-0.25, -0.2) is 0 Å². The molecule has 1 aromatic carbocycles. The summed E-state index contributed by atoms with van der Waals surface area (Å²) in [5.74, 6) is -0.965. The van der Waals surface area contributed by atoms with Crippen LogP contribution in [-0.4, -0.2) is 24.3 Å². The van der Waals surface area contributed by atoms with Gasteiger partial charge in [-0.05, 0) is 38.5 Å². The molecule has 0 bridgehead atoms.